The molecule has 1 aliphatic heterocycles. The lowest BCUT2D eigenvalue weighted by molar-refractivity contribution is -0.166. The molecular formula is C31H34N2O7. The van der Waals surface area contributed by atoms with Gasteiger partial charge < -0.3 is 34.0 Å². The highest BCUT2D eigenvalue weighted by molar-refractivity contribution is 5.92. The molecule has 3 N–H and O–H groups in total. The van der Waals surface area contributed by atoms with E-state index in [1.54, 1.807) is 31.4 Å². The normalized spacial score (nSPS) is 18.9. The second kappa shape index (κ2) is 12.4. The first-order valence-electron chi connectivity index (χ1n) is 13.6. The van der Waals surface area contributed by atoms with Crippen molar-refractivity contribution in [2.75, 3.05) is 26.9 Å². The fraction of sp³-hybridized carbons (Fsp3) is 0.355. The molecule has 5 rings (SSSR count). The van der Waals surface area contributed by atoms with E-state index in [4.69, 9.17) is 18.6 Å². The maximum Gasteiger partial charge on any atom is 0.286 e. The van der Waals surface area contributed by atoms with E-state index in [2.05, 4.69) is 10.3 Å². The summed E-state index contributed by atoms with van der Waals surface area (Å²) in [5.74, 6) is -0.330. The average molecular weight is 547 g/mol. The summed E-state index contributed by atoms with van der Waals surface area (Å²) in [5.41, 5.74) is 2.80. The monoisotopic (exact) mass is 546 g/mol. The van der Waals surface area contributed by atoms with Crippen molar-refractivity contribution < 1.29 is 28.5 Å². The standard InChI is InChI=1S/C31H34N2O7/c1-3-38-31-21(8-6-14-34)24(25-18-39-27-9-5-4-7-22(27)29(25)35)16-28(40-31)30(36)32-13-12-19-17-33-26-11-10-20(37-2)15-23(19)26/h4-5,7,9-11,15-18,21,24,31,33-34H,3,6,8,12-14H2,1-2H3,(H,32,36). The van der Waals surface area contributed by atoms with Crippen molar-refractivity contribution >= 4 is 27.8 Å². The van der Waals surface area contributed by atoms with Crippen LogP contribution >= 0.6 is 0 Å². The second-order valence-electron chi connectivity index (χ2n) is 9.78. The molecule has 0 bridgehead atoms. The van der Waals surface area contributed by atoms with Crippen molar-refractivity contribution in [3.63, 3.8) is 0 Å². The number of aliphatic hydroxyl groups is 1. The Morgan fingerprint density at radius 2 is 2.02 bits per heavy atom. The molecule has 0 spiro atoms. The van der Waals surface area contributed by atoms with E-state index in [-0.39, 0.29) is 23.7 Å². The van der Waals surface area contributed by atoms with Crippen LogP contribution < -0.4 is 15.5 Å². The highest BCUT2D eigenvalue weighted by Gasteiger charge is 2.39. The molecule has 9 nitrogen and oxygen atoms in total. The lowest BCUT2D eigenvalue weighted by atomic mass is 9.81. The smallest absolute Gasteiger partial charge is 0.286 e. The van der Waals surface area contributed by atoms with Gasteiger partial charge in [0, 0.05) is 54.3 Å². The molecule has 0 aliphatic carbocycles. The Labute approximate surface area is 231 Å². The number of rotatable bonds is 11. The van der Waals surface area contributed by atoms with Gasteiger partial charge in [-0.15, -0.1) is 0 Å². The van der Waals surface area contributed by atoms with Crippen LogP contribution in [0.15, 0.2) is 76.0 Å². The summed E-state index contributed by atoms with van der Waals surface area (Å²) in [4.78, 5) is 30.1. The van der Waals surface area contributed by atoms with Gasteiger partial charge >= 0.3 is 0 Å². The van der Waals surface area contributed by atoms with Crippen LogP contribution in [0, 0.1) is 5.92 Å². The van der Waals surface area contributed by atoms with Gasteiger partial charge in [-0.1, -0.05) is 12.1 Å². The maximum atomic E-state index is 13.5. The van der Waals surface area contributed by atoms with Crippen LogP contribution in [0.5, 0.6) is 5.75 Å². The number of aliphatic hydroxyl groups excluding tert-OH is 1. The molecule has 0 saturated heterocycles. The lowest BCUT2D eigenvalue weighted by Gasteiger charge is -2.36. The van der Waals surface area contributed by atoms with E-state index in [0.29, 0.717) is 48.9 Å². The minimum Gasteiger partial charge on any atom is -0.497 e. The molecule has 1 aliphatic rings. The van der Waals surface area contributed by atoms with E-state index in [9.17, 15) is 14.7 Å². The molecule has 210 valence electrons. The Morgan fingerprint density at radius 3 is 2.83 bits per heavy atom. The number of carbonyl (C=O) groups excluding carboxylic acids is 1. The summed E-state index contributed by atoms with van der Waals surface area (Å²) < 4.78 is 23.1. The number of nitrogens with one attached hydrogen (secondary N) is 2. The summed E-state index contributed by atoms with van der Waals surface area (Å²) in [6, 6.07) is 12.9. The van der Waals surface area contributed by atoms with Crippen molar-refractivity contribution in [3.8, 4) is 5.75 Å². The predicted molar refractivity (Wildman–Crippen MR) is 151 cm³/mol. The summed E-state index contributed by atoms with van der Waals surface area (Å²) in [6.07, 6.45) is 5.94. The Balaban J connectivity index is 1.40. The van der Waals surface area contributed by atoms with Gasteiger partial charge in [-0.2, -0.15) is 0 Å². The number of allylic oxidation sites excluding steroid dienone is 1. The topological polar surface area (TPSA) is 123 Å². The Kier molecular flexibility index (Phi) is 8.52. The predicted octanol–water partition coefficient (Wildman–Crippen LogP) is 4.39. The number of para-hydroxylation sites is 1. The van der Waals surface area contributed by atoms with Crippen molar-refractivity contribution in [1.82, 2.24) is 10.3 Å². The van der Waals surface area contributed by atoms with Gasteiger partial charge in [0.1, 0.15) is 11.3 Å². The molecule has 3 heterocycles. The van der Waals surface area contributed by atoms with Crippen LogP contribution in [-0.2, 0) is 20.7 Å². The zero-order valence-corrected chi connectivity index (χ0v) is 22.6. The first kappa shape index (κ1) is 27.5. The first-order chi connectivity index (χ1) is 19.5. The zero-order chi connectivity index (χ0) is 28.1. The summed E-state index contributed by atoms with van der Waals surface area (Å²) in [7, 11) is 1.63. The summed E-state index contributed by atoms with van der Waals surface area (Å²) in [5, 5.41) is 14.0. The molecule has 2 aromatic heterocycles. The highest BCUT2D eigenvalue weighted by Crippen LogP contribution is 2.39. The minimum atomic E-state index is -0.765. The number of methoxy groups -OCH3 is 1. The van der Waals surface area contributed by atoms with Gasteiger partial charge in [0.2, 0.25) is 6.29 Å². The molecule has 0 fully saturated rings. The van der Waals surface area contributed by atoms with Crippen LogP contribution in [0.2, 0.25) is 0 Å². The quantitative estimate of drug-likeness (QED) is 0.255. The van der Waals surface area contributed by atoms with Gasteiger partial charge in [0.05, 0.1) is 18.8 Å². The average Bonchev–Trinajstić information content (AvgIpc) is 3.38. The van der Waals surface area contributed by atoms with Crippen LogP contribution in [0.25, 0.3) is 21.9 Å². The first-order valence-corrected chi connectivity index (χ1v) is 13.6. The number of fused-ring (bicyclic) bond motifs is 2. The molecular weight excluding hydrogens is 512 g/mol. The van der Waals surface area contributed by atoms with Gasteiger partial charge in [0.25, 0.3) is 5.91 Å². The molecule has 1 amide bonds. The number of benzene rings is 2. The van der Waals surface area contributed by atoms with E-state index in [0.717, 1.165) is 22.2 Å². The fourth-order valence-electron chi connectivity index (χ4n) is 5.33. The Morgan fingerprint density at radius 1 is 1.18 bits per heavy atom. The summed E-state index contributed by atoms with van der Waals surface area (Å²) in [6.45, 7) is 2.57. The third-order valence-electron chi connectivity index (χ3n) is 7.36. The molecule has 3 atom stereocenters. The lowest BCUT2D eigenvalue weighted by Crippen LogP contribution is -2.40. The van der Waals surface area contributed by atoms with E-state index < -0.39 is 18.1 Å². The van der Waals surface area contributed by atoms with Gasteiger partial charge in [-0.05, 0) is 68.2 Å². The summed E-state index contributed by atoms with van der Waals surface area (Å²) >= 11 is 0. The van der Waals surface area contributed by atoms with Crippen molar-refractivity contribution in [1.29, 1.82) is 0 Å². The number of H-pyrrole nitrogens is 1. The molecule has 0 saturated carbocycles. The fourth-order valence-corrected chi connectivity index (χ4v) is 5.33. The second-order valence-corrected chi connectivity index (χ2v) is 9.78. The number of aromatic amines is 1. The third-order valence-corrected chi connectivity index (χ3v) is 7.36. The maximum absolute atomic E-state index is 13.5. The van der Waals surface area contributed by atoms with E-state index in [1.807, 2.05) is 37.4 Å². The molecule has 3 unspecified atom stereocenters. The zero-order valence-electron chi connectivity index (χ0n) is 22.6. The number of hydrogen-bond donors (Lipinski definition) is 3. The van der Waals surface area contributed by atoms with Gasteiger partial charge in [-0.25, -0.2) is 0 Å². The number of carbonyl (C=O) groups is 1. The van der Waals surface area contributed by atoms with Crippen LogP contribution in [0.1, 0.15) is 36.8 Å². The van der Waals surface area contributed by atoms with Crippen LogP contribution in [0.4, 0.5) is 0 Å². The van der Waals surface area contributed by atoms with E-state index >= 15 is 0 Å². The third kappa shape index (κ3) is 5.61. The van der Waals surface area contributed by atoms with Crippen molar-refractivity contribution in [3.05, 3.63) is 88.1 Å². The molecule has 4 aromatic rings. The van der Waals surface area contributed by atoms with Gasteiger partial charge in [0.15, 0.2) is 11.2 Å². The van der Waals surface area contributed by atoms with Gasteiger partial charge in [-0.3, -0.25) is 9.59 Å². The number of hydrogen-bond acceptors (Lipinski definition) is 7. The number of amides is 1. The Bertz CT molecular complexity index is 1570. The van der Waals surface area contributed by atoms with Crippen LogP contribution in [0.3, 0.4) is 0 Å². The number of ether oxygens (including phenoxy) is 3. The highest BCUT2D eigenvalue weighted by atomic mass is 16.7. The molecule has 9 heteroatoms. The minimum absolute atomic E-state index is 0.00877. The SMILES string of the molecule is CCOC1OC(C(=O)NCCc2c[nH]c3ccc(OC)cc23)=CC(c2coc3ccccc3c2=O)C1CCCO. The molecule has 0 radical (unpaired) electrons. The van der Waals surface area contributed by atoms with Crippen molar-refractivity contribution in [2.24, 2.45) is 5.92 Å². The van der Waals surface area contributed by atoms with Crippen LogP contribution in [-0.4, -0.2) is 49.2 Å². The van der Waals surface area contributed by atoms with E-state index in [1.165, 1.54) is 6.26 Å². The largest absolute Gasteiger partial charge is 0.497 e. The molecule has 40 heavy (non-hydrogen) atoms. The Hall–Kier alpha value is -4.08. The number of aromatic nitrogens is 1. The van der Waals surface area contributed by atoms with Crippen molar-refractivity contribution in [2.45, 2.75) is 38.4 Å². The molecule has 2 aromatic carbocycles.